The number of nitrogen functional groups attached to an aromatic ring is 1. The van der Waals surface area contributed by atoms with E-state index in [0.717, 1.165) is 6.33 Å². The number of aliphatic hydroxyl groups excluding tert-OH is 5. The number of primary amides is 1. The van der Waals surface area contributed by atoms with Gasteiger partial charge in [0.05, 0.1) is 25.6 Å². The predicted octanol–water partition coefficient (Wildman–Crippen LogP) is -1.77. The summed E-state index contributed by atoms with van der Waals surface area (Å²) in [5, 5.41) is 53.5. The van der Waals surface area contributed by atoms with E-state index in [1.165, 1.54) is 40.5 Å². The molecule has 1 amide bonds. The fourth-order valence-corrected chi connectivity index (χ4v) is 8.20. The summed E-state index contributed by atoms with van der Waals surface area (Å²) in [6.45, 7) is 0.00963. The molecule has 12 atom stereocenters. The Morgan fingerprint density at radius 3 is 2.22 bits per heavy atom. The van der Waals surface area contributed by atoms with Crippen LogP contribution in [0.25, 0.3) is 11.2 Å². The topological polar surface area (TPSA) is 351 Å². The molecule has 3 aliphatic rings. The highest BCUT2D eigenvalue weighted by Crippen LogP contribution is 2.60. The molecule has 0 spiro atoms. The maximum absolute atomic E-state index is 12.6. The van der Waals surface area contributed by atoms with Crippen LogP contribution >= 0.6 is 15.6 Å². The van der Waals surface area contributed by atoms with E-state index in [-0.39, 0.29) is 22.6 Å². The molecule has 0 radical (unpaired) electrons. The first-order valence-corrected chi connectivity index (χ1v) is 19.2. The van der Waals surface area contributed by atoms with E-state index in [4.69, 9.17) is 30.0 Å². The lowest BCUT2D eigenvalue weighted by atomic mass is 9.87. The van der Waals surface area contributed by atoms with Crippen molar-refractivity contribution in [1.29, 1.82) is 0 Å². The van der Waals surface area contributed by atoms with E-state index in [1.54, 1.807) is 12.1 Å². The van der Waals surface area contributed by atoms with Crippen molar-refractivity contribution < 1.29 is 72.1 Å². The predicted molar refractivity (Wildman–Crippen MR) is 179 cm³/mol. The molecule has 3 unspecified atom stereocenters. The number of aryl methyl sites for hydroxylation is 1. The number of imidazole rings is 1. The molecule has 3 aromatic rings. The Morgan fingerprint density at radius 2 is 1.59 bits per heavy atom. The number of amides is 1. The highest BCUT2D eigenvalue weighted by atomic mass is 31.3. The summed E-state index contributed by atoms with van der Waals surface area (Å²) in [6.07, 6.45) is -5.05. The summed E-state index contributed by atoms with van der Waals surface area (Å²) >= 11 is 0. The van der Waals surface area contributed by atoms with Gasteiger partial charge in [0.1, 0.15) is 48.5 Å². The minimum atomic E-state index is -5.45. The Morgan fingerprint density at radius 1 is 0.963 bits per heavy atom. The van der Waals surface area contributed by atoms with Crippen molar-refractivity contribution in [2.75, 3.05) is 18.9 Å². The number of hydrogen-bond acceptors (Lipinski definition) is 19. The van der Waals surface area contributed by atoms with E-state index in [0.29, 0.717) is 17.7 Å². The summed E-state index contributed by atoms with van der Waals surface area (Å²) in [7, 11) is -10.9. The Bertz CT molecular complexity index is 2020. The van der Waals surface area contributed by atoms with E-state index in [9.17, 15) is 49.2 Å². The van der Waals surface area contributed by atoms with Crippen LogP contribution in [0.15, 0.2) is 55.0 Å². The Labute approximate surface area is 305 Å². The van der Waals surface area contributed by atoms with Gasteiger partial charge < -0.3 is 61.2 Å². The molecule has 3 aromatic heterocycles. The zero-order valence-electron chi connectivity index (χ0n) is 28.1. The number of phosphoric ester groups is 2. The summed E-state index contributed by atoms with van der Waals surface area (Å²) in [4.78, 5) is 50.1. The number of nitrogens with two attached hydrogens (primary N) is 2. The van der Waals surface area contributed by atoms with Gasteiger partial charge in [0, 0.05) is 35.8 Å². The van der Waals surface area contributed by atoms with Gasteiger partial charge in [-0.1, -0.05) is 13.0 Å². The van der Waals surface area contributed by atoms with Crippen LogP contribution in [-0.2, 0) is 43.2 Å². The molecule has 3 aliphatic heterocycles. The van der Waals surface area contributed by atoms with Crippen LogP contribution < -0.4 is 11.5 Å². The third-order valence-corrected chi connectivity index (χ3v) is 11.5. The smallest absolute Gasteiger partial charge is 0.387 e. The standard InChI is InChI=1S/C29H38N8O15P2/c1-2-14-7-13(3-5-32-14)20(38)15-4-6-36(8-16(15)26(31)43)28-23(41)21(39)17(50-28)9-48-53(44,45)52-54(46,47)49-10-18-22(40)24(42)29(51-18)37-12-35-19-25(30)33-11-34-27(19)37/h3-8,11-12,15,17-18,20-24,28-29,38-42H,2,9-10H2,1H3,(H2,31,43)(H,44,45)(H,46,47)(H2,30,33,34)/t15-,17+,18+,20?,21+,22+,23+,24+,28+,29+/m0/s1. The average molecular weight is 801 g/mol. The van der Waals surface area contributed by atoms with Crippen LogP contribution in [0.1, 0.15) is 30.5 Å². The molecule has 2 fully saturated rings. The van der Waals surface area contributed by atoms with Crippen molar-refractivity contribution in [3.63, 3.8) is 0 Å². The molecule has 54 heavy (non-hydrogen) atoms. The zero-order valence-corrected chi connectivity index (χ0v) is 29.9. The highest BCUT2D eigenvalue weighted by molar-refractivity contribution is 7.61. The van der Waals surface area contributed by atoms with Crippen LogP contribution in [0.4, 0.5) is 5.82 Å². The average Bonchev–Trinajstić information content (AvgIpc) is 3.78. The first kappa shape index (κ1) is 39.9. The Hall–Kier alpha value is -3.77. The highest BCUT2D eigenvalue weighted by Gasteiger charge is 2.49. The van der Waals surface area contributed by atoms with Gasteiger partial charge >= 0.3 is 15.6 Å². The fraction of sp³-hybridized carbons (Fsp3) is 0.483. The van der Waals surface area contributed by atoms with Crippen molar-refractivity contribution in [2.45, 2.75) is 68.5 Å². The minimum absolute atomic E-state index is 0.0407. The van der Waals surface area contributed by atoms with Gasteiger partial charge in [-0.3, -0.25) is 23.4 Å². The van der Waals surface area contributed by atoms with Crippen LogP contribution in [0.5, 0.6) is 0 Å². The molecule has 0 aromatic carbocycles. The SMILES string of the molecule is CCc1cc(C(O)[C@H]2C=CN([C@@H]3O[C@H](COP(=O)(O)OP(=O)(O)OC[C@H]4O[C@@H](n5cnc6c(N)ncnc65)[C@H](O)[C@@H]4O)[C@@H](O)[C@H]3O)C=C2C(N)=O)ccn1. The number of rotatable bonds is 14. The number of pyridine rings is 1. The van der Waals surface area contributed by atoms with E-state index >= 15 is 0 Å². The third-order valence-electron chi connectivity index (χ3n) is 8.92. The van der Waals surface area contributed by atoms with Crippen molar-refractivity contribution >= 4 is 38.5 Å². The van der Waals surface area contributed by atoms with Crippen LogP contribution in [-0.4, -0.2) is 127 Å². The van der Waals surface area contributed by atoms with Crippen molar-refractivity contribution in [2.24, 2.45) is 11.7 Å². The number of aliphatic hydroxyl groups is 5. The maximum atomic E-state index is 12.6. The molecule has 23 nitrogen and oxygen atoms in total. The molecule has 0 saturated carbocycles. The summed E-state index contributed by atoms with van der Waals surface area (Å²) in [5.74, 6) is -1.75. The Balaban J connectivity index is 1.03. The molecular formula is C29H38N8O15P2. The van der Waals surface area contributed by atoms with Crippen LogP contribution in [0, 0.1) is 5.92 Å². The minimum Gasteiger partial charge on any atom is -0.387 e. The van der Waals surface area contributed by atoms with Gasteiger partial charge in [-0.2, -0.15) is 4.31 Å². The number of carbonyl (C=O) groups excluding carboxylic acids is 1. The van der Waals surface area contributed by atoms with Crippen LogP contribution in [0.3, 0.4) is 0 Å². The second-order valence-corrected chi connectivity index (χ2v) is 15.5. The number of hydrogen-bond donors (Lipinski definition) is 9. The number of ether oxygens (including phenoxy) is 2. The monoisotopic (exact) mass is 800 g/mol. The first-order chi connectivity index (χ1) is 25.5. The van der Waals surface area contributed by atoms with Gasteiger partial charge in [-0.15, -0.1) is 0 Å². The molecule has 6 rings (SSSR count). The fourth-order valence-electron chi connectivity index (χ4n) is 6.11. The van der Waals surface area contributed by atoms with E-state index in [2.05, 4.69) is 24.2 Å². The number of phosphoric acid groups is 2. The quantitative estimate of drug-likeness (QED) is 0.0815. The number of fused-ring (bicyclic) bond motifs is 1. The van der Waals surface area contributed by atoms with E-state index in [1.807, 2.05) is 6.92 Å². The first-order valence-electron chi connectivity index (χ1n) is 16.2. The molecule has 294 valence electrons. The maximum Gasteiger partial charge on any atom is 0.481 e. The molecule has 25 heteroatoms. The zero-order chi connectivity index (χ0) is 39.1. The van der Waals surface area contributed by atoms with Crippen molar-refractivity contribution in [1.82, 2.24) is 29.4 Å². The second kappa shape index (κ2) is 15.8. The van der Waals surface area contributed by atoms with Crippen molar-refractivity contribution in [3.05, 3.63) is 66.3 Å². The van der Waals surface area contributed by atoms with Gasteiger partial charge in [-0.05, 0) is 24.1 Å². The Kier molecular flexibility index (Phi) is 11.7. The number of carbonyl (C=O) groups is 1. The van der Waals surface area contributed by atoms with Gasteiger partial charge in [-0.25, -0.2) is 24.1 Å². The summed E-state index contributed by atoms with van der Waals surface area (Å²) in [6, 6.07) is 3.28. The molecular weight excluding hydrogens is 762 g/mol. The second-order valence-electron chi connectivity index (χ2n) is 12.4. The number of aromatic nitrogens is 5. The van der Waals surface area contributed by atoms with Gasteiger partial charge in [0.2, 0.25) is 5.91 Å². The van der Waals surface area contributed by atoms with Crippen LogP contribution in [0.2, 0.25) is 0 Å². The largest absolute Gasteiger partial charge is 0.481 e. The molecule has 0 aliphatic carbocycles. The van der Waals surface area contributed by atoms with E-state index < -0.39 is 95.9 Å². The molecule has 11 N–H and O–H groups in total. The lowest BCUT2D eigenvalue weighted by molar-refractivity contribution is -0.115. The molecule has 0 bridgehead atoms. The van der Waals surface area contributed by atoms with Gasteiger partial charge in [0.15, 0.2) is 23.9 Å². The molecule has 6 heterocycles. The molecule has 2 saturated heterocycles. The summed E-state index contributed by atoms with van der Waals surface area (Å²) < 4.78 is 51.6. The lowest BCUT2D eigenvalue weighted by Crippen LogP contribution is -2.41. The van der Waals surface area contributed by atoms with Gasteiger partial charge in [0.25, 0.3) is 0 Å². The third kappa shape index (κ3) is 8.25. The normalized spacial score (nSPS) is 31.3. The number of anilines is 1. The summed E-state index contributed by atoms with van der Waals surface area (Å²) in [5.41, 5.74) is 12.9. The number of nitrogens with zero attached hydrogens (tertiary/aromatic N) is 6. The lowest BCUT2D eigenvalue weighted by Gasteiger charge is -2.32. The van der Waals surface area contributed by atoms with Crippen molar-refractivity contribution in [3.8, 4) is 0 Å².